The van der Waals surface area contributed by atoms with E-state index in [1.54, 1.807) is 18.0 Å². The van der Waals surface area contributed by atoms with Crippen molar-refractivity contribution in [3.8, 4) is 0 Å². The van der Waals surface area contributed by atoms with Crippen LogP contribution in [-0.2, 0) is 11.2 Å². The second kappa shape index (κ2) is 9.59. The third-order valence-electron chi connectivity index (χ3n) is 4.47. The van der Waals surface area contributed by atoms with Crippen molar-refractivity contribution in [1.29, 1.82) is 0 Å². The number of nitrogens with zero attached hydrogens (tertiary/aromatic N) is 3. The van der Waals surface area contributed by atoms with Crippen LogP contribution in [0.5, 0.6) is 0 Å². The predicted molar refractivity (Wildman–Crippen MR) is 110 cm³/mol. The van der Waals surface area contributed by atoms with E-state index in [9.17, 15) is 4.79 Å². The first-order valence-electron chi connectivity index (χ1n) is 9.02. The van der Waals surface area contributed by atoms with E-state index in [-0.39, 0.29) is 5.91 Å². The summed E-state index contributed by atoms with van der Waals surface area (Å²) in [5.74, 6) is 2.41. The first-order chi connectivity index (χ1) is 12.7. The number of likely N-dealkylation sites (N-methyl/N-ethyl adjacent to an activating group) is 1. The molecule has 0 unspecified atom stereocenters. The summed E-state index contributed by atoms with van der Waals surface area (Å²) in [7, 11) is 2.14. The Morgan fingerprint density at radius 3 is 2.58 bits per heavy atom. The number of hydrogen-bond donors (Lipinski definition) is 1. The number of rotatable bonds is 7. The fourth-order valence-electron chi connectivity index (χ4n) is 2.88. The van der Waals surface area contributed by atoms with E-state index in [1.165, 1.54) is 5.56 Å². The summed E-state index contributed by atoms with van der Waals surface area (Å²) < 4.78 is 0. The van der Waals surface area contributed by atoms with E-state index in [0.717, 1.165) is 49.9 Å². The van der Waals surface area contributed by atoms with Gasteiger partial charge in [0.15, 0.2) is 0 Å². The van der Waals surface area contributed by atoms with E-state index < -0.39 is 0 Å². The van der Waals surface area contributed by atoms with Gasteiger partial charge < -0.3 is 15.1 Å². The number of aromatic nitrogens is 1. The van der Waals surface area contributed by atoms with Crippen LogP contribution in [0.15, 0.2) is 48.7 Å². The molecule has 1 aromatic heterocycles. The number of thioether (sulfide) groups is 1. The number of carbonyl (C=O) groups excluding carboxylic acids is 1. The summed E-state index contributed by atoms with van der Waals surface area (Å²) >= 11 is 1.66. The lowest BCUT2D eigenvalue weighted by Crippen LogP contribution is -2.44. The van der Waals surface area contributed by atoms with E-state index in [2.05, 4.69) is 39.3 Å². The summed E-state index contributed by atoms with van der Waals surface area (Å²) in [5.41, 5.74) is 2.07. The molecule has 3 rings (SSSR count). The molecular weight excluding hydrogens is 344 g/mol. The van der Waals surface area contributed by atoms with E-state index in [4.69, 9.17) is 0 Å². The molecule has 6 heteroatoms. The summed E-state index contributed by atoms with van der Waals surface area (Å²) in [6, 6.07) is 14.3. The van der Waals surface area contributed by atoms with Crippen molar-refractivity contribution in [3.63, 3.8) is 0 Å². The lowest BCUT2D eigenvalue weighted by Gasteiger charge is -2.33. The van der Waals surface area contributed by atoms with Crippen LogP contribution >= 0.6 is 11.8 Å². The van der Waals surface area contributed by atoms with Gasteiger partial charge in [-0.25, -0.2) is 4.98 Å². The molecule has 2 heterocycles. The molecule has 26 heavy (non-hydrogen) atoms. The molecule has 0 atom stereocenters. The minimum atomic E-state index is 0.0252. The van der Waals surface area contributed by atoms with Crippen molar-refractivity contribution in [2.75, 3.05) is 54.9 Å². The second-order valence-corrected chi connectivity index (χ2v) is 7.64. The van der Waals surface area contributed by atoms with Gasteiger partial charge in [-0.05, 0) is 36.9 Å². The number of aryl methyl sites for hydroxylation is 1. The highest BCUT2D eigenvalue weighted by molar-refractivity contribution is 7.99. The number of piperazine rings is 1. The number of carbonyl (C=O) groups is 1. The standard InChI is InChI=1S/C20H26N4OS/c1-23-10-12-24(13-11-23)19-8-7-18(15-21-19)22-20(25)16-26-14-9-17-5-3-2-4-6-17/h2-8,15H,9-14,16H2,1H3,(H,22,25). The molecule has 0 saturated carbocycles. The van der Waals surface area contributed by atoms with E-state index in [1.807, 2.05) is 30.3 Å². The number of nitrogens with one attached hydrogen (secondary N) is 1. The highest BCUT2D eigenvalue weighted by atomic mass is 32.2. The zero-order valence-corrected chi connectivity index (χ0v) is 16.0. The summed E-state index contributed by atoms with van der Waals surface area (Å²) in [6.07, 6.45) is 2.74. The van der Waals surface area contributed by atoms with Crippen molar-refractivity contribution in [2.24, 2.45) is 0 Å². The molecule has 1 N–H and O–H groups in total. The number of anilines is 2. The summed E-state index contributed by atoms with van der Waals surface area (Å²) in [4.78, 5) is 21.2. The fraction of sp³-hybridized carbons (Fsp3) is 0.400. The molecule has 1 saturated heterocycles. The Balaban J connectivity index is 1.38. The predicted octanol–water partition coefficient (Wildman–Crippen LogP) is 2.75. The van der Waals surface area contributed by atoms with Gasteiger partial charge in [-0.2, -0.15) is 11.8 Å². The average molecular weight is 371 g/mol. The molecule has 1 aliphatic heterocycles. The summed E-state index contributed by atoms with van der Waals surface area (Å²) in [6.45, 7) is 4.10. The molecule has 5 nitrogen and oxygen atoms in total. The maximum Gasteiger partial charge on any atom is 0.234 e. The van der Waals surface area contributed by atoms with Gasteiger partial charge >= 0.3 is 0 Å². The Hall–Kier alpha value is -2.05. The zero-order valence-electron chi connectivity index (χ0n) is 15.2. The Kier molecular flexibility index (Phi) is 6.91. The molecule has 1 aliphatic rings. The van der Waals surface area contributed by atoms with Crippen LogP contribution in [0.4, 0.5) is 11.5 Å². The first kappa shape index (κ1) is 18.7. The molecule has 138 valence electrons. The van der Waals surface area contributed by atoms with Crippen molar-refractivity contribution in [3.05, 3.63) is 54.2 Å². The Morgan fingerprint density at radius 2 is 1.88 bits per heavy atom. The van der Waals surface area contributed by atoms with Crippen molar-refractivity contribution in [2.45, 2.75) is 6.42 Å². The van der Waals surface area contributed by atoms with Crippen LogP contribution in [0, 0.1) is 0 Å². The number of benzene rings is 1. The number of amides is 1. The fourth-order valence-corrected chi connectivity index (χ4v) is 3.66. The van der Waals surface area contributed by atoms with Gasteiger partial charge in [0, 0.05) is 26.2 Å². The average Bonchev–Trinajstić information content (AvgIpc) is 2.67. The maximum absolute atomic E-state index is 12.1. The van der Waals surface area contributed by atoms with Crippen LogP contribution in [0.2, 0.25) is 0 Å². The highest BCUT2D eigenvalue weighted by Crippen LogP contribution is 2.16. The molecule has 0 spiro atoms. The quantitative estimate of drug-likeness (QED) is 0.760. The molecule has 0 aliphatic carbocycles. The minimum absolute atomic E-state index is 0.0252. The number of pyridine rings is 1. The first-order valence-corrected chi connectivity index (χ1v) is 10.2. The lowest BCUT2D eigenvalue weighted by molar-refractivity contribution is -0.113. The zero-order chi connectivity index (χ0) is 18.2. The van der Waals surface area contributed by atoms with Crippen LogP contribution in [-0.4, -0.2) is 60.5 Å². The van der Waals surface area contributed by atoms with Gasteiger partial charge in [-0.1, -0.05) is 30.3 Å². The van der Waals surface area contributed by atoms with Gasteiger partial charge in [-0.15, -0.1) is 0 Å². The summed E-state index contributed by atoms with van der Waals surface area (Å²) in [5, 5.41) is 2.93. The monoisotopic (exact) mass is 370 g/mol. The number of hydrogen-bond acceptors (Lipinski definition) is 5. The second-order valence-electron chi connectivity index (χ2n) is 6.53. The molecule has 0 bridgehead atoms. The Morgan fingerprint density at radius 1 is 1.12 bits per heavy atom. The van der Waals surface area contributed by atoms with E-state index in [0.29, 0.717) is 5.75 Å². The topological polar surface area (TPSA) is 48.5 Å². The molecule has 1 amide bonds. The SMILES string of the molecule is CN1CCN(c2ccc(NC(=O)CSCCc3ccccc3)cn2)CC1. The third kappa shape index (κ3) is 5.75. The van der Waals surface area contributed by atoms with Crippen LogP contribution in [0.3, 0.4) is 0 Å². The van der Waals surface area contributed by atoms with Crippen LogP contribution < -0.4 is 10.2 Å². The van der Waals surface area contributed by atoms with Crippen molar-refractivity contribution >= 4 is 29.2 Å². The van der Waals surface area contributed by atoms with Gasteiger partial charge in [0.05, 0.1) is 17.6 Å². The third-order valence-corrected chi connectivity index (χ3v) is 5.43. The largest absolute Gasteiger partial charge is 0.354 e. The molecule has 0 radical (unpaired) electrons. The maximum atomic E-state index is 12.1. The normalized spacial score (nSPS) is 15.0. The van der Waals surface area contributed by atoms with Crippen LogP contribution in [0.25, 0.3) is 0 Å². The van der Waals surface area contributed by atoms with Crippen molar-refractivity contribution in [1.82, 2.24) is 9.88 Å². The van der Waals surface area contributed by atoms with Gasteiger partial charge in [0.2, 0.25) is 5.91 Å². The minimum Gasteiger partial charge on any atom is -0.354 e. The highest BCUT2D eigenvalue weighted by Gasteiger charge is 2.15. The van der Waals surface area contributed by atoms with Gasteiger partial charge in [0.1, 0.15) is 5.82 Å². The van der Waals surface area contributed by atoms with Gasteiger partial charge in [-0.3, -0.25) is 4.79 Å². The Bertz CT molecular complexity index is 685. The van der Waals surface area contributed by atoms with Crippen LogP contribution in [0.1, 0.15) is 5.56 Å². The Labute approximate surface area is 159 Å². The molecular formula is C20H26N4OS. The molecule has 2 aromatic rings. The smallest absolute Gasteiger partial charge is 0.234 e. The lowest BCUT2D eigenvalue weighted by atomic mass is 10.2. The molecule has 1 aromatic carbocycles. The van der Waals surface area contributed by atoms with Gasteiger partial charge in [0.25, 0.3) is 0 Å². The van der Waals surface area contributed by atoms with E-state index >= 15 is 0 Å². The van der Waals surface area contributed by atoms with Crippen molar-refractivity contribution < 1.29 is 4.79 Å². The molecule has 1 fully saturated rings.